The van der Waals surface area contributed by atoms with Gasteiger partial charge in [-0.1, -0.05) is 6.92 Å². The Bertz CT molecular complexity index is 377. The molecule has 0 fully saturated rings. The van der Waals surface area contributed by atoms with Crippen LogP contribution in [0.15, 0.2) is 18.2 Å². The summed E-state index contributed by atoms with van der Waals surface area (Å²) >= 11 is 0. The summed E-state index contributed by atoms with van der Waals surface area (Å²) in [5.74, 6) is -3.02. The third-order valence-corrected chi connectivity index (χ3v) is 2.12. The molecule has 2 N–H and O–H groups in total. The van der Waals surface area contributed by atoms with Crippen molar-refractivity contribution in [1.29, 1.82) is 0 Å². The molecule has 17 heavy (non-hydrogen) atoms. The van der Waals surface area contributed by atoms with Gasteiger partial charge in [-0.2, -0.15) is 13.2 Å². The highest BCUT2D eigenvalue weighted by Crippen LogP contribution is 2.24. The van der Waals surface area contributed by atoms with E-state index in [1.807, 2.05) is 0 Å². The molecule has 7 heteroatoms. The molecule has 0 radical (unpaired) electrons. The minimum Gasteiger partial charge on any atom is -0.319 e. The van der Waals surface area contributed by atoms with Crippen molar-refractivity contribution in [1.82, 2.24) is 5.43 Å². The zero-order chi connectivity index (χ0) is 13.1. The fraction of sp³-hybridized carbons (Fsp3) is 0.400. The van der Waals surface area contributed by atoms with E-state index in [9.17, 15) is 22.0 Å². The first-order valence-corrected chi connectivity index (χ1v) is 4.81. The number of nitrogens with one attached hydrogen (secondary N) is 2. The van der Waals surface area contributed by atoms with Gasteiger partial charge in [-0.15, -0.1) is 0 Å². The predicted molar refractivity (Wildman–Crippen MR) is 53.2 cm³/mol. The molecule has 1 aromatic rings. The number of hydrazine groups is 1. The Hall–Kier alpha value is -1.37. The van der Waals surface area contributed by atoms with Crippen LogP contribution in [-0.4, -0.2) is 12.7 Å². The van der Waals surface area contributed by atoms with Crippen LogP contribution in [0.25, 0.3) is 0 Å². The Morgan fingerprint density at radius 2 is 1.88 bits per heavy atom. The monoisotopic (exact) mass is 254 g/mol. The van der Waals surface area contributed by atoms with E-state index in [0.29, 0.717) is 0 Å². The highest BCUT2D eigenvalue weighted by molar-refractivity contribution is 5.43. The standard InChI is InChI=1S/C10H11F5N2/c1-6(10(13,14)15)5-16-17-9-4-7(11)2-3-8(9)12/h2-4,6,16-17H,5H2,1H3. The quantitative estimate of drug-likeness (QED) is 0.637. The number of hydrogen-bond donors (Lipinski definition) is 2. The van der Waals surface area contributed by atoms with Crippen LogP contribution < -0.4 is 10.9 Å². The summed E-state index contributed by atoms with van der Waals surface area (Å²) in [5.41, 5.74) is 4.15. The average Bonchev–Trinajstić information content (AvgIpc) is 2.21. The first kappa shape index (κ1) is 13.7. The molecule has 0 spiro atoms. The molecule has 1 aromatic carbocycles. The molecule has 1 rings (SSSR count). The third kappa shape index (κ3) is 4.18. The van der Waals surface area contributed by atoms with Crippen molar-refractivity contribution in [3.8, 4) is 0 Å². The second kappa shape index (κ2) is 5.31. The van der Waals surface area contributed by atoms with Crippen LogP contribution in [0, 0.1) is 17.6 Å². The zero-order valence-corrected chi connectivity index (χ0v) is 8.91. The number of anilines is 1. The fourth-order valence-corrected chi connectivity index (χ4v) is 1.01. The number of rotatable bonds is 4. The average molecular weight is 254 g/mol. The van der Waals surface area contributed by atoms with Crippen LogP contribution in [0.3, 0.4) is 0 Å². The Labute approximate surface area is 94.8 Å². The Morgan fingerprint density at radius 3 is 2.47 bits per heavy atom. The highest BCUT2D eigenvalue weighted by atomic mass is 19.4. The minimum atomic E-state index is -4.32. The summed E-state index contributed by atoms with van der Waals surface area (Å²) in [5, 5.41) is 0. The summed E-state index contributed by atoms with van der Waals surface area (Å²) in [6.07, 6.45) is -4.32. The van der Waals surface area contributed by atoms with Crippen LogP contribution in [-0.2, 0) is 0 Å². The van der Waals surface area contributed by atoms with E-state index in [1.165, 1.54) is 0 Å². The molecule has 0 saturated heterocycles. The molecular weight excluding hydrogens is 243 g/mol. The first-order chi connectivity index (χ1) is 7.80. The van der Waals surface area contributed by atoms with Gasteiger partial charge in [-0.25, -0.2) is 14.2 Å². The lowest BCUT2D eigenvalue weighted by Crippen LogP contribution is -2.34. The molecule has 0 saturated carbocycles. The molecule has 0 heterocycles. The number of halogens is 5. The van der Waals surface area contributed by atoms with E-state index in [1.54, 1.807) is 0 Å². The van der Waals surface area contributed by atoms with Crippen LogP contribution >= 0.6 is 0 Å². The second-order valence-electron chi connectivity index (χ2n) is 3.57. The molecule has 96 valence electrons. The Kier molecular flexibility index (Phi) is 4.28. The molecule has 0 aliphatic rings. The van der Waals surface area contributed by atoms with Gasteiger partial charge in [-0.05, 0) is 12.1 Å². The zero-order valence-electron chi connectivity index (χ0n) is 8.91. The van der Waals surface area contributed by atoms with Gasteiger partial charge in [0.05, 0.1) is 11.6 Å². The lowest BCUT2D eigenvalue weighted by Gasteiger charge is -2.17. The number of alkyl halides is 3. The predicted octanol–water partition coefficient (Wildman–Crippen LogP) is 3.08. The van der Waals surface area contributed by atoms with Crippen molar-refractivity contribution >= 4 is 5.69 Å². The van der Waals surface area contributed by atoms with Crippen LogP contribution in [0.4, 0.5) is 27.6 Å². The molecular formula is C10H11F5N2. The summed E-state index contributed by atoms with van der Waals surface area (Å²) in [6, 6.07) is 2.64. The Balaban J connectivity index is 2.49. The smallest absolute Gasteiger partial charge is 0.319 e. The summed E-state index contributed by atoms with van der Waals surface area (Å²) < 4.78 is 62.1. The molecule has 0 aliphatic carbocycles. The second-order valence-corrected chi connectivity index (χ2v) is 3.57. The normalized spacial score (nSPS) is 13.5. The SMILES string of the molecule is CC(CNNc1cc(F)ccc1F)C(F)(F)F. The van der Waals surface area contributed by atoms with E-state index in [-0.39, 0.29) is 5.69 Å². The maximum atomic E-state index is 13.0. The van der Waals surface area contributed by atoms with Gasteiger partial charge < -0.3 is 5.43 Å². The fourth-order valence-electron chi connectivity index (χ4n) is 1.01. The molecule has 1 unspecified atom stereocenters. The van der Waals surface area contributed by atoms with Gasteiger partial charge in [0.2, 0.25) is 0 Å². The molecule has 0 aliphatic heterocycles. The lowest BCUT2D eigenvalue weighted by molar-refractivity contribution is -0.167. The first-order valence-electron chi connectivity index (χ1n) is 4.81. The van der Waals surface area contributed by atoms with Crippen LogP contribution in [0.5, 0.6) is 0 Å². The maximum absolute atomic E-state index is 13.0. The molecule has 0 aromatic heterocycles. The largest absolute Gasteiger partial charge is 0.392 e. The van der Waals surface area contributed by atoms with Crippen LogP contribution in [0.2, 0.25) is 0 Å². The molecule has 0 amide bonds. The third-order valence-electron chi connectivity index (χ3n) is 2.12. The van der Waals surface area contributed by atoms with Crippen molar-refractivity contribution < 1.29 is 22.0 Å². The van der Waals surface area contributed by atoms with E-state index in [2.05, 4.69) is 10.9 Å². The van der Waals surface area contributed by atoms with E-state index in [4.69, 9.17) is 0 Å². The van der Waals surface area contributed by atoms with E-state index >= 15 is 0 Å². The van der Waals surface area contributed by atoms with Crippen molar-refractivity contribution in [2.24, 2.45) is 5.92 Å². The number of benzene rings is 1. The summed E-state index contributed by atoms with van der Waals surface area (Å²) in [6.45, 7) is 0.538. The summed E-state index contributed by atoms with van der Waals surface area (Å²) in [7, 11) is 0. The highest BCUT2D eigenvalue weighted by Gasteiger charge is 2.35. The van der Waals surface area contributed by atoms with Gasteiger partial charge in [0, 0.05) is 12.6 Å². The topological polar surface area (TPSA) is 24.1 Å². The van der Waals surface area contributed by atoms with Gasteiger partial charge in [-0.3, -0.25) is 0 Å². The molecule has 2 nitrogen and oxygen atoms in total. The van der Waals surface area contributed by atoms with E-state index in [0.717, 1.165) is 25.1 Å². The lowest BCUT2D eigenvalue weighted by atomic mass is 10.2. The summed E-state index contributed by atoms with van der Waals surface area (Å²) in [4.78, 5) is 0. The number of hydrogen-bond acceptors (Lipinski definition) is 2. The van der Waals surface area contributed by atoms with Gasteiger partial charge in [0.15, 0.2) is 0 Å². The molecule has 1 atom stereocenters. The van der Waals surface area contributed by atoms with Gasteiger partial charge in [0.1, 0.15) is 11.6 Å². The molecule has 0 bridgehead atoms. The van der Waals surface area contributed by atoms with Gasteiger partial charge in [0.25, 0.3) is 0 Å². The van der Waals surface area contributed by atoms with Crippen molar-refractivity contribution in [3.05, 3.63) is 29.8 Å². The van der Waals surface area contributed by atoms with Crippen molar-refractivity contribution in [3.63, 3.8) is 0 Å². The van der Waals surface area contributed by atoms with Gasteiger partial charge >= 0.3 is 6.18 Å². The van der Waals surface area contributed by atoms with E-state index < -0.39 is 30.3 Å². The van der Waals surface area contributed by atoms with Crippen molar-refractivity contribution in [2.75, 3.05) is 12.0 Å². The van der Waals surface area contributed by atoms with Crippen LogP contribution in [0.1, 0.15) is 6.92 Å². The Morgan fingerprint density at radius 1 is 1.24 bits per heavy atom. The van der Waals surface area contributed by atoms with Crippen molar-refractivity contribution in [2.45, 2.75) is 13.1 Å². The minimum absolute atomic E-state index is 0.237. The maximum Gasteiger partial charge on any atom is 0.392 e.